The molecule has 0 spiro atoms. The molecule has 0 radical (unpaired) electrons. The van der Waals surface area contributed by atoms with Crippen molar-refractivity contribution in [1.29, 1.82) is 0 Å². The van der Waals surface area contributed by atoms with Crippen LogP contribution in [0.1, 0.15) is 19.3 Å². The monoisotopic (exact) mass is 269 g/mol. The third-order valence-corrected chi connectivity index (χ3v) is 4.83. The van der Waals surface area contributed by atoms with Gasteiger partial charge in [0.1, 0.15) is 0 Å². The van der Waals surface area contributed by atoms with E-state index in [2.05, 4.69) is 15.0 Å². The maximum atomic E-state index is 12.0. The lowest BCUT2D eigenvalue weighted by atomic mass is 9.69. The van der Waals surface area contributed by atoms with Crippen LogP contribution in [-0.2, 0) is 10.0 Å². The van der Waals surface area contributed by atoms with Gasteiger partial charge in [-0.2, -0.15) is 0 Å². The highest BCUT2D eigenvalue weighted by Crippen LogP contribution is 2.39. The lowest BCUT2D eigenvalue weighted by Crippen LogP contribution is -2.47. The number of hydrogen-bond donors (Lipinski definition) is 2. The third kappa shape index (κ3) is 2.88. The van der Waals surface area contributed by atoms with Crippen molar-refractivity contribution in [3.05, 3.63) is 24.4 Å². The molecule has 0 aromatic carbocycles. The number of sulfonamides is 1. The van der Waals surface area contributed by atoms with Gasteiger partial charge in [-0.15, -0.1) is 0 Å². The third-order valence-electron chi connectivity index (χ3n) is 3.52. The average Bonchev–Trinajstić information content (AvgIpc) is 2.33. The fourth-order valence-electron chi connectivity index (χ4n) is 2.30. The Kier molecular flexibility index (Phi) is 3.99. The van der Waals surface area contributed by atoms with Crippen LogP contribution in [0.2, 0.25) is 0 Å². The van der Waals surface area contributed by atoms with Crippen molar-refractivity contribution in [2.45, 2.75) is 24.3 Å². The second-order valence-corrected chi connectivity index (χ2v) is 6.59. The summed E-state index contributed by atoms with van der Waals surface area (Å²) in [4.78, 5) is 3.87. The zero-order chi connectivity index (χ0) is 13.1. The van der Waals surface area contributed by atoms with Crippen LogP contribution < -0.4 is 10.0 Å². The van der Waals surface area contributed by atoms with Crippen LogP contribution in [-0.4, -0.2) is 33.5 Å². The summed E-state index contributed by atoms with van der Waals surface area (Å²) in [5.41, 5.74) is 0.0800. The molecule has 0 bridgehead atoms. The van der Waals surface area contributed by atoms with Crippen molar-refractivity contribution >= 4 is 10.0 Å². The van der Waals surface area contributed by atoms with E-state index in [0.717, 1.165) is 19.4 Å². The quantitative estimate of drug-likeness (QED) is 0.799. The highest BCUT2D eigenvalue weighted by Gasteiger charge is 2.37. The number of nitrogens with one attached hydrogen (secondary N) is 2. The van der Waals surface area contributed by atoms with Crippen molar-refractivity contribution in [1.82, 2.24) is 15.0 Å². The second-order valence-electron chi connectivity index (χ2n) is 4.88. The Morgan fingerprint density at radius 3 is 2.61 bits per heavy atom. The first kappa shape index (κ1) is 13.5. The molecule has 5 nitrogen and oxygen atoms in total. The van der Waals surface area contributed by atoms with E-state index >= 15 is 0 Å². The van der Waals surface area contributed by atoms with E-state index in [0.29, 0.717) is 6.54 Å². The van der Waals surface area contributed by atoms with Gasteiger partial charge in [0, 0.05) is 19.3 Å². The predicted molar refractivity (Wildman–Crippen MR) is 69.6 cm³/mol. The Labute approximate surface area is 108 Å². The highest BCUT2D eigenvalue weighted by atomic mass is 32.2. The first-order valence-electron chi connectivity index (χ1n) is 6.13. The van der Waals surface area contributed by atoms with Gasteiger partial charge in [0.2, 0.25) is 0 Å². The molecule has 0 aliphatic heterocycles. The fourth-order valence-corrected chi connectivity index (χ4v) is 3.40. The minimum atomic E-state index is -3.48. The van der Waals surface area contributed by atoms with Crippen LogP contribution in [0.4, 0.5) is 0 Å². The molecule has 1 saturated carbocycles. The van der Waals surface area contributed by atoms with Crippen molar-refractivity contribution in [2.75, 3.05) is 20.1 Å². The van der Waals surface area contributed by atoms with Crippen molar-refractivity contribution in [3.63, 3.8) is 0 Å². The van der Waals surface area contributed by atoms with Gasteiger partial charge in [-0.3, -0.25) is 0 Å². The van der Waals surface area contributed by atoms with E-state index in [1.54, 1.807) is 12.1 Å². The molecule has 1 aliphatic rings. The van der Waals surface area contributed by atoms with Crippen LogP contribution in [0.25, 0.3) is 0 Å². The van der Waals surface area contributed by atoms with E-state index in [-0.39, 0.29) is 10.4 Å². The van der Waals surface area contributed by atoms with Crippen LogP contribution in [0.15, 0.2) is 29.4 Å². The van der Waals surface area contributed by atoms with Gasteiger partial charge >= 0.3 is 0 Å². The summed E-state index contributed by atoms with van der Waals surface area (Å²) in [7, 11) is -1.58. The number of pyridine rings is 1. The summed E-state index contributed by atoms with van der Waals surface area (Å²) < 4.78 is 26.7. The molecule has 6 heteroatoms. The average molecular weight is 269 g/mol. The minimum absolute atomic E-state index is 0.0800. The van der Waals surface area contributed by atoms with Gasteiger partial charge in [-0.1, -0.05) is 12.5 Å². The SMILES string of the molecule is CNCC1(CNS(=O)(=O)c2ccccn2)CCC1. The summed E-state index contributed by atoms with van der Waals surface area (Å²) >= 11 is 0. The molecular formula is C12H19N3O2S. The van der Waals surface area contributed by atoms with Gasteiger partial charge in [0.25, 0.3) is 10.0 Å². The largest absolute Gasteiger partial charge is 0.319 e. The molecule has 100 valence electrons. The predicted octanol–water partition coefficient (Wildman–Crippen LogP) is 0.750. The molecule has 18 heavy (non-hydrogen) atoms. The molecule has 0 saturated heterocycles. The van der Waals surface area contributed by atoms with E-state index in [4.69, 9.17) is 0 Å². The van der Waals surface area contributed by atoms with Gasteiger partial charge in [-0.25, -0.2) is 18.1 Å². The highest BCUT2D eigenvalue weighted by molar-refractivity contribution is 7.89. The van der Waals surface area contributed by atoms with E-state index in [9.17, 15) is 8.42 Å². The van der Waals surface area contributed by atoms with Crippen molar-refractivity contribution < 1.29 is 8.42 Å². The van der Waals surface area contributed by atoms with Crippen LogP contribution in [0.3, 0.4) is 0 Å². The Bertz CT molecular complexity index is 483. The molecule has 1 aliphatic carbocycles. The summed E-state index contributed by atoms with van der Waals surface area (Å²) in [6.07, 6.45) is 4.80. The lowest BCUT2D eigenvalue weighted by molar-refractivity contribution is 0.139. The normalized spacial score (nSPS) is 18.3. The van der Waals surface area contributed by atoms with E-state index < -0.39 is 10.0 Å². The number of rotatable bonds is 6. The number of aromatic nitrogens is 1. The second kappa shape index (κ2) is 5.34. The standard InChI is InChI=1S/C12H19N3O2S/c1-13-9-12(6-4-7-12)10-15-18(16,17)11-5-2-3-8-14-11/h2-3,5,8,13,15H,4,6-7,9-10H2,1H3. The van der Waals surface area contributed by atoms with Crippen LogP contribution >= 0.6 is 0 Å². The molecule has 1 heterocycles. The maximum Gasteiger partial charge on any atom is 0.258 e. The van der Waals surface area contributed by atoms with Gasteiger partial charge in [0.05, 0.1) is 0 Å². The molecule has 1 aromatic rings. The Morgan fingerprint density at radius 2 is 2.11 bits per heavy atom. The summed E-state index contributed by atoms with van der Waals surface area (Å²) in [6.45, 7) is 1.32. The number of nitrogens with zero attached hydrogens (tertiary/aromatic N) is 1. The number of hydrogen-bond acceptors (Lipinski definition) is 4. The molecule has 2 N–H and O–H groups in total. The van der Waals surface area contributed by atoms with Crippen molar-refractivity contribution in [2.24, 2.45) is 5.41 Å². The molecular weight excluding hydrogens is 250 g/mol. The summed E-state index contributed by atoms with van der Waals surface area (Å²) in [5.74, 6) is 0. The van der Waals surface area contributed by atoms with Crippen LogP contribution in [0.5, 0.6) is 0 Å². The van der Waals surface area contributed by atoms with Crippen LogP contribution in [0, 0.1) is 5.41 Å². The molecule has 0 unspecified atom stereocenters. The molecule has 0 amide bonds. The molecule has 1 aromatic heterocycles. The van der Waals surface area contributed by atoms with Gasteiger partial charge < -0.3 is 5.32 Å². The molecule has 1 fully saturated rings. The lowest BCUT2D eigenvalue weighted by Gasteiger charge is -2.41. The topological polar surface area (TPSA) is 71.1 Å². The van der Waals surface area contributed by atoms with E-state index in [1.165, 1.54) is 18.7 Å². The Hall–Kier alpha value is -0.980. The molecule has 0 atom stereocenters. The van der Waals surface area contributed by atoms with E-state index in [1.807, 2.05) is 7.05 Å². The Morgan fingerprint density at radius 1 is 1.33 bits per heavy atom. The molecule has 2 rings (SSSR count). The first-order chi connectivity index (χ1) is 8.58. The zero-order valence-electron chi connectivity index (χ0n) is 10.5. The minimum Gasteiger partial charge on any atom is -0.319 e. The zero-order valence-corrected chi connectivity index (χ0v) is 11.3. The Balaban J connectivity index is 2.01. The maximum absolute atomic E-state index is 12.0. The first-order valence-corrected chi connectivity index (χ1v) is 7.62. The smallest absolute Gasteiger partial charge is 0.258 e. The van der Waals surface area contributed by atoms with Crippen molar-refractivity contribution in [3.8, 4) is 0 Å². The van der Waals surface area contributed by atoms with Gasteiger partial charge in [0.15, 0.2) is 5.03 Å². The van der Waals surface area contributed by atoms with Gasteiger partial charge in [-0.05, 0) is 37.4 Å². The summed E-state index contributed by atoms with van der Waals surface area (Å²) in [6, 6.07) is 4.88. The summed E-state index contributed by atoms with van der Waals surface area (Å²) in [5, 5.41) is 3.22. The fraction of sp³-hybridized carbons (Fsp3) is 0.583.